The van der Waals surface area contributed by atoms with Gasteiger partial charge in [-0.2, -0.15) is 0 Å². The molecular weight excluding hydrogens is 240 g/mol. The monoisotopic (exact) mass is 256 g/mol. The lowest BCUT2D eigenvalue weighted by molar-refractivity contribution is 0.0735. The Labute approximate surface area is 110 Å². The van der Waals surface area contributed by atoms with Crippen molar-refractivity contribution < 1.29 is 9.53 Å². The van der Waals surface area contributed by atoms with Crippen LogP contribution in [-0.2, 0) is 6.04 Å². The van der Waals surface area contributed by atoms with Gasteiger partial charge in [0.05, 0.1) is 5.56 Å². The van der Waals surface area contributed by atoms with Crippen molar-refractivity contribution in [3.05, 3.63) is 65.2 Å². The van der Waals surface area contributed by atoms with Gasteiger partial charge in [0.1, 0.15) is 5.75 Å². The minimum absolute atomic E-state index is 0.311. The first kappa shape index (κ1) is 12.6. The number of aryl methyl sites for hydroxylation is 1. The predicted octanol–water partition coefficient (Wildman–Crippen LogP) is 2.08. The van der Waals surface area contributed by atoms with Crippen LogP contribution < -0.4 is 4.74 Å². The Morgan fingerprint density at radius 1 is 1.06 bits per heavy atom. The summed E-state index contributed by atoms with van der Waals surface area (Å²) in [5.41, 5.74) is 2.99. The molecule has 3 heteroatoms. The number of benzene rings is 2. The van der Waals surface area contributed by atoms with E-state index >= 15 is 0 Å². The molecular formula is C15H16O2Si. The van der Waals surface area contributed by atoms with Crippen LogP contribution in [0.4, 0.5) is 0 Å². The topological polar surface area (TPSA) is 26.3 Å². The van der Waals surface area contributed by atoms with Crippen LogP contribution in [0.5, 0.6) is 5.75 Å². The minimum Gasteiger partial charge on any atom is -0.423 e. The fourth-order valence-electron chi connectivity index (χ4n) is 1.65. The van der Waals surface area contributed by atoms with E-state index in [9.17, 15) is 4.79 Å². The summed E-state index contributed by atoms with van der Waals surface area (Å²) in [7, 11) is 1.14. The summed E-state index contributed by atoms with van der Waals surface area (Å²) in [6.45, 7) is 1.99. The lowest BCUT2D eigenvalue weighted by Gasteiger charge is -2.05. The van der Waals surface area contributed by atoms with Crippen molar-refractivity contribution in [3.8, 4) is 5.75 Å². The summed E-state index contributed by atoms with van der Waals surface area (Å²) >= 11 is 0. The highest BCUT2D eigenvalue weighted by atomic mass is 28.1. The van der Waals surface area contributed by atoms with E-state index in [2.05, 4.69) is 0 Å². The number of hydrogen-bond donors (Lipinski definition) is 0. The van der Waals surface area contributed by atoms with E-state index in [1.807, 2.05) is 43.3 Å². The summed E-state index contributed by atoms with van der Waals surface area (Å²) < 4.78 is 5.31. The highest BCUT2D eigenvalue weighted by molar-refractivity contribution is 6.08. The highest BCUT2D eigenvalue weighted by Gasteiger charge is 2.07. The van der Waals surface area contributed by atoms with Crippen LogP contribution in [0.15, 0.2) is 48.5 Å². The maximum absolute atomic E-state index is 11.9. The van der Waals surface area contributed by atoms with E-state index in [-0.39, 0.29) is 5.97 Å². The van der Waals surface area contributed by atoms with Crippen LogP contribution in [0, 0.1) is 6.92 Å². The Hall–Kier alpha value is -1.87. The van der Waals surface area contributed by atoms with Crippen molar-refractivity contribution in [2.45, 2.75) is 13.0 Å². The summed E-state index contributed by atoms with van der Waals surface area (Å²) in [5.74, 6) is 0.285. The fourth-order valence-corrected chi connectivity index (χ4v) is 2.12. The van der Waals surface area contributed by atoms with Gasteiger partial charge < -0.3 is 4.74 Å². The van der Waals surface area contributed by atoms with Gasteiger partial charge in [-0.25, -0.2) is 4.79 Å². The molecule has 2 aromatic rings. The third-order valence-corrected chi connectivity index (χ3v) is 3.65. The Balaban J connectivity index is 2.08. The van der Waals surface area contributed by atoms with E-state index in [1.165, 1.54) is 5.56 Å². The number of carbonyl (C=O) groups excluding carboxylic acids is 1. The molecule has 18 heavy (non-hydrogen) atoms. The zero-order valence-electron chi connectivity index (χ0n) is 10.6. The first-order valence-electron chi connectivity index (χ1n) is 6.07. The molecule has 0 aliphatic heterocycles. The average molecular weight is 256 g/mol. The third kappa shape index (κ3) is 3.08. The van der Waals surface area contributed by atoms with Crippen LogP contribution in [0.2, 0.25) is 0 Å². The molecule has 0 atom stereocenters. The maximum Gasteiger partial charge on any atom is 0.343 e. The van der Waals surface area contributed by atoms with E-state index < -0.39 is 0 Å². The molecule has 0 fully saturated rings. The number of ether oxygens (including phenoxy) is 1. The molecule has 0 aliphatic carbocycles. The molecule has 0 N–H and O–H groups in total. The molecule has 0 aliphatic rings. The normalized spacial score (nSPS) is 10.3. The fraction of sp³-hybridized carbons (Fsp3) is 0.133. The number of esters is 1. The second-order valence-electron chi connectivity index (χ2n) is 4.25. The van der Waals surface area contributed by atoms with E-state index in [0.29, 0.717) is 11.3 Å². The van der Waals surface area contributed by atoms with Crippen molar-refractivity contribution in [2.24, 2.45) is 0 Å². The lowest BCUT2D eigenvalue weighted by Crippen LogP contribution is -2.08. The Bertz CT molecular complexity index is 529. The first-order valence-corrected chi connectivity index (χ1v) is 7.48. The highest BCUT2D eigenvalue weighted by Crippen LogP contribution is 2.14. The Morgan fingerprint density at radius 3 is 2.22 bits per heavy atom. The Kier molecular flexibility index (Phi) is 3.94. The molecule has 2 rings (SSSR count). The minimum atomic E-state index is -0.311. The van der Waals surface area contributed by atoms with E-state index in [0.717, 1.165) is 21.9 Å². The first-order chi connectivity index (χ1) is 8.69. The van der Waals surface area contributed by atoms with Crippen LogP contribution in [-0.4, -0.2) is 16.2 Å². The molecule has 2 nitrogen and oxygen atoms in total. The van der Waals surface area contributed by atoms with Crippen molar-refractivity contribution in [1.29, 1.82) is 0 Å². The van der Waals surface area contributed by atoms with Crippen LogP contribution in [0.25, 0.3) is 0 Å². The summed E-state index contributed by atoms with van der Waals surface area (Å²) in [6.07, 6.45) is 0. The molecule has 0 spiro atoms. The zero-order valence-corrected chi connectivity index (χ0v) is 12.6. The molecule has 0 aromatic heterocycles. The van der Waals surface area contributed by atoms with Crippen molar-refractivity contribution in [3.63, 3.8) is 0 Å². The standard InChI is InChI=1S/C15H16O2Si/c1-11-2-6-13(7-3-11)15(16)17-14-8-4-12(10-18)5-9-14/h2-9H,10H2,1,18H3. The van der Waals surface area contributed by atoms with Crippen LogP contribution in [0.3, 0.4) is 0 Å². The molecule has 0 saturated heterocycles. The molecule has 0 bridgehead atoms. The molecule has 0 saturated carbocycles. The largest absolute Gasteiger partial charge is 0.423 e. The van der Waals surface area contributed by atoms with Crippen molar-refractivity contribution in [1.82, 2.24) is 0 Å². The summed E-state index contributed by atoms with van der Waals surface area (Å²) in [5, 5.41) is 0. The van der Waals surface area contributed by atoms with Gasteiger partial charge >= 0.3 is 5.97 Å². The van der Waals surface area contributed by atoms with Gasteiger partial charge in [-0.1, -0.05) is 35.4 Å². The van der Waals surface area contributed by atoms with Crippen molar-refractivity contribution >= 4 is 16.2 Å². The molecule has 0 radical (unpaired) electrons. The SMILES string of the molecule is Cc1ccc(C(=O)Oc2ccc(C[SiH3])cc2)cc1. The predicted molar refractivity (Wildman–Crippen MR) is 76.2 cm³/mol. The lowest BCUT2D eigenvalue weighted by atomic mass is 10.1. The van der Waals surface area contributed by atoms with Gasteiger partial charge in [0.15, 0.2) is 0 Å². The second-order valence-corrected chi connectivity index (χ2v) is 4.96. The molecule has 0 heterocycles. The summed E-state index contributed by atoms with van der Waals surface area (Å²) in [6, 6.07) is 16.2. The molecule has 0 unspecified atom stereocenters. The molecule has 92 valence electrons. The van der Waals surface area contributed by atoms with Crippen molar-refractivity contribution in [2.75, 3.05) is 0 Å². The second kappa shape index (κ2) is 5.64. The zero-order chi connectivity index (χ0) is 13.0. The number of hydrogen-bond acceptors (Lipinski definition) is 2. The van der Waals surface area contributed by atoms with Gasteiger partial charge in [0, 0.05) is 10.2 Å². The van der Waals surface area contributed by atoms with Gasteiger partial charge in [-0.3, -0.25) is 0 Å². The smallest absolute Gasteiger partial charge is 0.343 e. The molecule has 2 aromatic carbocycles. The van der Waals surface area contributed by atoms with E-state index in [1.54, 1.807) is 12.1 Å². The maximum atomic E-state index is 11.9. The van der Waals surface area contributed by atoms with Crippen LogP contribution >= 0.6 is 0 Å². The quantitative estimate of drug-likeness (QED) is 0.477. The molecule has 0 amide bonds. The average Bonchev–Trinajstić information content (AvgIpc) is 2.40. The summed E-state index contributed by atoms with van der Waals surface area (Å²) in [4.78, 5) is 11.9. The Morgan fingerprint density at radius 2 is 1.67 bits per heavy atom. The van der Waals surface area contributed by atoms with Gasteiger partial charge in [-0.15, -0.1) is 0 Å². The third-order valence-electron chi connectivity index (χ3n) is 2.83. The van der Waals surface area contributed by atoms with E-state index in [4.69, 9.17) is 4.74 Å². The van der Waals surface area contributed by atoms with Gasteiger partial charge in [0.2, 0.25) is 0 Å². The number of carbonyl (C=O) groups is 1. The van der Waals surface area contributed by atoms with Gasteiger partial charge in [-0.05, 0) is 37.2 Å². The number of rotatable bonds is 3. The van der Waals surface area contributed by atoms with Gasteiger partial charge in [0.25, 0.3) is 0 Å². The van der Waals surface area contributed by atoms with Crippen LogP contribution in [0.1, 0.15) is 21.5 Å².